The van der Waals surface area contributed by atoms with Crippen LogP contribution in [-0.2, 0) is 6.42 Å². The molecule has 0 saturated carbocycles. The number of nitro groups is 1. The third-order valence-electron chi connectivity index (χ3n) is 2.54. The van der Waals surface area contributed by atoms with Gasteiger partial charge >= 0.3 is 5.69 Å². The number of aromatic nitrogens is 3. The third-order valence-corrected chi connectivity index (χ3v) is 2.54. The number of benzene rings is 1. The summed E-state index contributed by atoms with van der Waals surface area (Å²) >= 11 is 0. The molecule has 1 N–H and O–H groups in total. The molecule has 2 aromatic rings. The quantitative estimate of drug-likeness (QED) is 0.632. The van der Waals surface area contributed by atoms with Gasteiger partial charge in [-0.05, 0) is 25.0 Å². The van der Waals surface area contributed by atoms with Gasteiger partial charge in [0.05, 0.1) is 10.4 Å². The zero-order valence-corrected chi connectivity index (χ0v) is 8.93. The standard InChI is InChI=1S/C10H12N4O2/c1-2-3-4-7-5-6-8-9(12-13-11-8)10(7)14(15)16/h5-6H,2-4H2,1H3,(H,11,12,13). The molecule has 1 aromatic carbocycles. The molecule has 16 heavy (non-hydrogen) atoms. The second-order valence-corrected chi connectivity index (χ2v) is 3.64. The van der Waals surface area contributed by atoms with Crippen molar-refractivity contribution in [3.8, 4) is 0 Å². The minimum atomic E-state index is -0.379. The van der Waals surface area contributed by atoms with E-state index in [2.05, 4.69) is 22.3 Å². The van der Waals surface area contributed by atoms with Gasteiger partial charge < -0.3 is 0 Å². The first kappa shape index (κ1) is 10.5. The van der Waals surface area contributed by atoms with Crippen LogP contribution >= 0.6 is 0 Å². The number of nitro benzene ring substituents is 1. The van der Waals surface area contributed by atoms with E-state index < -0.39 is 0 Å². The first-order valence-corrected chi connectivity index (χ1v) is 5.21. The minimum absolute atomic E-state index is 0.0831. The highest BCUT2D eigenvalue weighted by Gasteiger charge is 2.20. The molecule has 0 fully saturated rings. The number of rotatable bonds is 4. The van der Waals surface area contributed by atoms with Crippen LogP contribution in [0.3, 0.4) is 0 Å². The van der Waals surface area contributed by atoms with Crippen molar-refractivity contribution in [2.75, 3.05) is 0 Å². The van der Waals surface area contributed by atoms with Gasteiger partial charge in [0.15, 0.2) is 5.52 Å². The van der Waals surface area contributed by atoms with Gasteiger partial charge in [0.25, 0.3) is 0 Å². The summed E-state index contributed by atoms with van der Waals surface area (Å²) in [7, 11) is 0. The molecule has 0 amide bonds. The number of H-pyrrole nitrogens is 1. The Hall–Kier alpha value is -1.98. The Morgan fingerprint density at radius 1 is 1.50 bits per heavy atom. The monoisotopic (exact) mass is 220 g/mol. The van der Waals surface area contributed by atoms with Crippen molar-refractivity contribution in [2.45, 2.75) is 26.2 Å². The van der Waals surface area contributed by atoms with Crippen LogP contribution in [0, 0.1) is 10.1 Å². The van der Waals surface area contributed by atoms with Crippen molar-refractivity contribution >= 4 is 16.7 Å². The molecule has 0 spiro atoms. The number of aromatic amines is 1. The Morgan fingerprint density at radius 3 is 3.00 bits per heavy atom. The van der Waals surface area contributed by atoms with Crippen LogP contribution in [0.15, 0.2) is 12.1 Å². The van der Waals surface area contributed by atoms with E-state index in [4.69, 9.17) is 0 Å². The minimum Gasteiger partial charge on any atom is -0.258 e. The van der Waals surface area contributed by atoms with Gasteiger partial charge in [-0.25, -0.2) is 0 Å². The van der Waals surface area contributed by atoms with Crippen molar-refractivity contribution < 1.29 is 4.92 Å². The first-order chi connectivity index (χ1) is 7.74. The van der Waals surface area contributed by atoms with E-state index >= 15 is 0 Å². The predicted octanol–water partition coefficient (Wildman–Crippen LogP) is 2.21. The summed E-state index contributed by atoms with van der Waals surface area (Å²) in [5.41, 5.74) is 1.76. The van der Waals surface area contributed by atoms with E-state index in [0.717, 1.165) is 18.4 Å². The lowest BCUT2D eigenvalue weighted by atomic mass is 10.1. The molecule has 6 heteroatoms. The summed E-state index contributed by atoms with van der Waals surface area (Å²) in [6, 6.07) is 3.56. The second-order valence-electron chi connectivity index (χ2n) is 3.64. The highest BCUT2D eigenvalue weighted by molar-refractivity contribution is 5.85. The summed E-state index contributed by atoms with van der Waals surface area (Å²) in [4.78, 5) is 10.6. The van der Waals surface area contributed by atoms with E-state index in [1.165, 1.54) is 0 Å². The zero-order chi connectivity index (χ0) is 11.5. The van der Waals surface area contributed by atoms with Gasteiger partial charge in [-0.15, -0.1) is 5.10 Å². The lowest BCUT2D eigenvalue weighted by molar-refractivity contribution is -0.383. The van der Waals surface area contributed by atoms with Crippen LogP contribution < -0.4 is 0 Å². The summed E-state index contributed by atoms with van der Waals surface area (Å²) in [6.07, 6.45) is 2.65. The van der Waals surface area contributed by atoms with Crippen LogP contribution in [0.25, 0.3) is 11.0 Å². The molecule has 84 valence electrons. The maximum Gasteiger partial charge on any atom is 0.302 e. The van der Waals surface area contributed by atoms with E-state index in [9.17, 15) is 10.1 Å². The lowest BCUT2D eigenvalue weighted by Crippen LogP contribution is -1.97. The Labute approximate surface area is 91.8 Å². The smallest absolute Gasteiger partial charge is 0.258 e. The van der Waals surface area contributed by atoms with Gasteiger partial charge in [-0.1, -0.05) is 18.6 Å². The highest BCUT2D eigenvalue weighted by atomic mass is 16.6. The number of hydrogen-bond donors (Lipinski definition) is 1. The van der Waals surface area contributed by atoms with Crippen LogP contribution in [0.1, 0.15) is 25.3 Å². The Morgan fingerprint density at radius 2 is 2.31 bits per heavy atom. The summed E-state index contributed by atoms with van der Waals surface area (Å²) in [6.45, 7) is 2.06. The van der Waals surface area contributed by atoms with Crippen molar-refractivity contribution in [3.63, 3.8) is 0 Å². The average Bonchev–Trinajstić information content (AvgIpc) is 2.72. The molecule has 0 unspecified atom stereocenters. The van der Waals surface area contributed by atoms with Crippen molar-refractivity contribution in [1.82, 2.24) is 15.4 Å². The number of hydrogen-bond acceptors (Lipinski definition) is 4. The molecule has 0 atom stereocenters. The molecule has 1 aromatic heterocycles. The van der Waals surface area contributed by atoms with E-state index in [0.29, 0.717) is 17.5 Å². The average molecular weight is 220 g/mol. The summed E-state index contributed by atoms with van der Waals surface area (Å²) in [5, 5.41) is 21.0. The molecular formula is C10H12N4O2. The highest BCUT2D eigenvalue weighted by Crippen LogP contribution is 2.27. The topological polar surface area (TPSA) is 84.7 Å². The molecule has 2 rings (SSSR count). The van der Waals surface area contributed by atoms with Crippen molar-refractivity contribution in [1.29, 1.82) is 0 Å². The number of unbranched alkanes of at least 4 members (excludes halogenated alkanes) is 1. The molecule has 1 heterocycles. The number of aryl methyl sites for hydroxylation is 1. The van der Waals surface area contributed by atoms with Gasteiger partial charge in [-0.2, -0.15) is 0 Å². The second kappa shape index (κ2) is 4.26. The molecule has 0 aliphatic rings. The predicted molar refractivity (Wildman–Crippen MR) is 59.2 cm³/mol. The van der Waals surface area contributed by atoms with E-state index in [1.807, 2.05) is 0 Å². The SMILES string of the molecule is CCCCc1ccc2[nH]nnc2c1[N+](=O)[O-]. The normalized spacial score (nSPS) is 10.8. The lowest BCUT2D eigenvalue weighted by Gasteiger charge is -2.01. The summed E-state index contributed by atoms with van der Waals surface area (Å²) in [5.74, 6) is 0. The van der Waals surface area contributed by atoms with Crippen molar-refractivity contribution in [2.24, 2.45) is 0 Å². The summed E-state index contributed by atoms with van der Waals surface area (Å²) < 4.78 is 0. The fourth-order valence-electron chi connectivity index (χ4n) is 1.71. The fourth-order valence-corrected chi connectivity index (χ4v) is 1.71. The molecular weight excluding hydrogens is 208 g/mol. The Kier molecular flexibility index (Phi) is 2.80. The maximum atomic E-state index is 11.0. The van der Waals surface area contributed by atoms with Gasteiger partial charge in [0.1, 0.15) is 0 Å². The van der Waals surface area contributed by atoms with E-state index in [-0.39, 0.29) is 10.6 Å². The molecule has 0 aliphatic carbocycles. The fraction of sp³-hybridized carbons (Fsp3) is 0.400. The maximum absolute atomic E-state index is 11.0. The molecule has 6 nitrogen and oxygen atoms in total. The number of nitrogens with one attached hydrogen (secondary N) is 1. The first-order valence-electron chi connectivity index (χ1n) is 5.21. The molecule has 0 saturated heterocycles. The number of nitrogens with zero attached hydrogens (tertiary/aromatic N) is 3. The van der Waals surface area contributed by atoms with Gasteiger partial charge in [0.2, 0.25) is 0 Å². The third kappa shape index (κ3) is 1.73. The van der Waals surface area contributed by atoms with Gasteiger partial charge in [0, 0.05) is 5.56 Å². The van der Waals surface area contributed by atoms with Crippen LogP contribution in [-0.4, -0.2) is 20.3 Å². The zero-order valence-electron chi connectivity index (χ0n) is 8.93. The van der Waals surface area contributed by atoms with Crippen LogP contribution in [0.5, 0.6) is 0 Å². The molecule has 0 bridgehead atoms. The Balaban J connectivity index is 2.54. The van der Waals surface area contributed by atoms with Crippen LogP contribution in [0.4, 0.5) is 5.69 Å². The van der Waals surface area contributed by atoms with Crippen molar-refractivity contribution in [3.05, 3.63) is 27.8 Å². The number of fused-ring (bicyclic) bond motifs is 1. The molecule has 0 aliphatic heterocycles. The van der Waals surface area contributed by atoms with Gasteiger partial charge in [-0.3, -0.25) is 15.2 Å². The molecule has 0 radical (unpaired) electrons. The Bertz CT molecular complexity index is 521. The van der Waals surface area contributed by atoms with E-state index in [1.54, 1.807) is 12.1 Å². The van der Waals surface area contributed by atoms with Crippen LogP contribution in [0.2, 0.25) is 0 Å². The largest absolute Gasteiger partial charge is 0.302 e.